The molecule has 4 aromatic rings. The third kappa shape index (κ3) is 4.10. The van der Waals surface area contributed by atoms with Crippen molar-refractivity contribution in [2.45, 2.75) is 12.8 Å². The minimum Gasteiger partial charge on any atom is -0.289 e. The summed E-state index contributed by atoms with van der Waals surface area (Å²) in [6.07, 6.45) is 1.57. The van der Waals surface area contributed by atoms with Crippen LogP contribution in [0.5, 0.6) is 0 Å². The van der Waals surface area contributed by atoms with E-state index in [-0.39, 0.29) is 5.78 Å². The maximum Gasteiger partial charge on any atom is 0.193 e. The summed E-state index contributed by atoms with van der Waals surface area (Å²) in [7, 11) is 0. The molecule has 0 bridgehead atoms. The maximum atomic E-state index is 13.3. The number of hydrogen-bond donors (Lipinski definition) is 0. The molecule has 0 aliphatic carbocycles. The Bertz CT molecular complexity index is 1050. The lowest BCUT2D eigenvalue weighted by Crippen LogP contribution is -2.09. The van der Waals surface area contributed by atoms with Gasteiger partial charge in [-0.2, -0.15) is 0 Å². The van der Waals surface area contributed by atoms with Gasteiger partial charge in [0.05, 0.1) is 0 Å². The molecular weight excluding hydrogens is 340 g/mol. The zero-order valence-corrected chi connectivity index (χ0v) is 15.7. The highest BCUT2D eigenvalue weighted by Crippen LogP contribution is 2.24. The lowest BCUT2D eigenvalue weighted by molar-refractivity contribution is 0.103. The van der Waals surface area contributed by atoms with Crippen LogP contribution in [0.25, 0.3) is 0 Å². The van der Waals surface area contributed by atoms with Crippen molar-refractivity contribution in [2.24, 2.45) is 0 Å². The fourth-order valence-corrected chi connectivity index (χ4v) is 3.58. The average molecular weight is 362 g/mol. The van der Waals surface area contributed by atoms with E-state index in [2.05, 4.69) is 42.5 Å². The first-order valence-electron chi connectivity index (χ1n) is 9.59. The summed E-state index contributed by atoms with van der Waals surface area (Å²) >= 11 is 0. The largest absolute Gasteiger partial charge is 0.289 e. The Kier molecular flexibility index (Phi) is 5.44. The van der Waals surface area contributed by atoms with Gasteiger partial charge in [-0.25, -0.2) is 0 Å². The van der Waals surface area contributed by atoms with Gasteiger partial charge in [-0.3, -0.25) is 4.79 Å². The summed E-state index contributed by atoms with van der Waals surface area (Å²) in [6, 6.07) is 36.4. The number of carbonyl (C=O) groups is 1. The first-order chi connectivity index (χ1) is 13.8. The Balaban J connectivity index is 1.78. The van der Waals surface area contributed by atoms with Crippen molar-refractivity contribution in [1.82, 2.24) is 0 Å². The van der Waals surface area contributed by atoms with E-state index in [0.29, 0.717) is 0 Å². The summed E-state index contributed by atoms with van der Waals surface area (Å²) in [6.45, 7) is 0. The second-order valence-electron chi connectivity index (χ2n) is 6.96. The molecule has 0 unspecified atom stereocenters. The normalized spacial score (nSPS) is 10.6. The molecule has 0 amide bonds. The third-order valence-electron chi connectivity index (χ3n) is 5.01. The van der Waals surface area contributed by atoms with Crippen molar-refractivity contribution in [1.29, 1.82) is 0 Å². The molecule has 0 heterocycles. The van der Waals surface area contributed by atoms with Crippen LogP contribution in [0, 0.1) is 0 Å². The first kappa shape index (κ1) is 17.9. The van der Waals surface area contributed by atoms with Gasteiger partial charge in [0.2, 0.25) is 0 Å². The van der Waals surface area contributed by atoms with Gasteiger partial charge in [0.1, 0.15) is 0 Å². The number of rotatable bonds is 6. The fraction of sp³-hybridized carbons (Fsp3) is 0.0741. The minimum absolute atomic E-state index is 0.0847. The fourth-order valence-electron chi connectivity index (χ4n) is 3.58. The van der Waals surface area contributed by atoms with E-state index in [0.717, 1.165) is 29.5 Å². The second-order valence-corrected chi connectivity index (χ2v) is 6.96. The molecule has 0 aliphatic heterocycles. The molecule has 0 saturated carbocycles. The highest BCUT2D eigenvalue weighted by molar-refractivity contribution is 6.10. The molecule has 136 valence electrons. The Morgan fingerprint density at radius 3 is 1.68 bits per heavy atom. The summed E-state index contributed by atoms with van der Waals surface area (Å²) in [5.41, 5.74) is 6.31. The molecule has 0 radical (unpaired) electrons. The smallest absolute Gasteiger partial charge is 0.193 e. The van der Waals surface area contributed by atoms with Crippen molar-refractivity contribution >= 4 is 5.78 Å². The van der Waals surface area contributed by atoms with Gasteiger partial charge in [0, 0.05) is 11.1 Å². The van der Waals surface area contributed by atoms with Gasteiger partial charge in [0.25, 0.3) is 0 Å². The molecule has 0 aromatic heterocycles. The minimum atomic E-state index is 0.0847. The molecule has 4 rings (SSSR count). The van der Waals surface area contributed by atoms with E-state index in [1.54, 1.807) is 0 Å². The van der Waals surface area contributed by atoms with Crippen molar-refractivity contribution in [2.75, 3.05) is 0 Å². The summed E-state index contributed by atoms with van der Waals surface area (Å²) in [5, 5.41) is 0. The van der Waals surface area contributed by atoms with Crippen LogP contribution in [0.2, 0.25) is 0 Å². The first-order valence-corrected chi connectivity index (χ1v) is 9.59. The topological polar surface area (TPSA) is 17.1 Å². The van der Waals surface area contributed by atoms with Crippen molar-refractivity contribution in [3.63, 3.8) is 0 Å². The van der Waals surface area contributed by atoms with Crippen LogP contribution in [-0.4, -0.2) is 5.78 Å². The number of ketones is 1. The van der Waals surface area contributed by atoms with Crippen LogP contribution in [0.3, 0.4) is 0 Å². The molecule has 0 saturated heterocycles. The molecule has 0 atom stereocenters. The Morgan fingerprint density at radius 2 is 1.07 bits per heavy atom. The van der Waals surface area contributed by atoms with Crippen LogP contribution < -0.4 is 0 Å². The molecule has 0 spiro atoms. The van der Waals surface area contributed by atoms with Crippen LogP contribution in [0.4, 0.5) is 0 Å². The van der Waals surface area contributed by atoms with Gasteiger partial charge in [-0.1, -0.05) is 109 Å². The van der Waals surface area contributed by atoms with E-state index >= 15 is 0 Å². The zero-order valence-electron chi connectivity index (χ0n) is 15.7. The van der Waals surface area contributed by atoms with Crippen molar-refractivity contribution < 1.29 is 4.79 Å². The van der Waals surface area contributed by atoms with Crippen molar-refractivity contribution in [3.8, 4) is 0 Å². The third-order valence-corrected chi connectivity index (χ3v) is 5.01. The summed E-state index contributed by atoms with van der Waals surface area (Å²) < 4.78 is 0. The van der Waals surface area contributed by atoms with Gasteiger partial charge in [-0.05, 0) is 35.1 Å². The molecule has 4 aromatic carbocycles. The number of carbonyl (C=O) groups excluding carboxylic acids is 1. The second kappa shape index (κ2) is 8.49. The van der Waals surface area contributed by atoms with E-state index in [9.17, 15) is 4.79 Å². The van der Waals surface area contributed by atoms with Crippen LogP contribution in [0.1, 0.15) is 38.2 Å². The Hall–Kier alpha value is -3.45. The van der Waals surface area contributed by atoms with E-state index < -0.39 is 0 Å². The van der Waals surface area contributed by atoms with Gasteiger partial charge in [0.15, 0.2) is 5.78 Å². The summed E-state index contributed by atoms with van der Waals surface area (Å²) in [5.74, 6) is 0.0847. The van der Waals surface area contributed by atoms with E-state index in [1.165, 1.54) is 16.7 Å². The highest BCUT2D eigenvalue weighted by atomic mass is 16.1. The SMILES string of the molecule is O=C(c1ccccc1)c1cccc(Cc2ccccc2)c1Cc1ccccc1. The highest BCUT2D eigenvalue weighted by Gasteiger charge is 2.17. The predicted molar refractivity (Wildman–Crippen MR) is 115 cm³/mol. The molecule has 1 nitrogen and oxygen atoms in total. The Morgan fingerprint density at radius 1 is 0.536 bits per heavy atom. The van der Waals surface area contributed by atoms with Crippen LogP contribution >= 0.6 is 0 Å². The number of hydrogen-bond acceptors (Lipinski definition) is 1. The monoisotopic (exact) mass is 362 g/mol. The lowest BCUT2D eigenvalue weighted by Gasteiger charge is -2.15. The predicted octanol–water partition coefficient (Wildman–Crippen LogP) is 6.10. The van der Waals surface area contributed by atoms with Crippen LogP contribution in [0.15, 0.2) is 109 Å². The lowest BCUT2D eigenvalue weighted by atomic mass is 9.88. The molecule has 0 aliphatic rings. The molecule has 0 N–H and O–H groups in total. The summed E-state index contributed by atoms with van der Waals surface area (Å²) in [4.78, 5) is 13.3. The van der Waals surface area contributed by atoms with Gasteiger partial charge < -0.3 is 0 Å². The Labute approximate surface area is 166 Å². The average Bonchev–Trinajstić information content (AvgIpc) is 2.76. The zero-order chi connectivity index (χ0) is 19.2. The maximum absolute atomic E-state index is 13.3. The molecule has 0 fully saturated rings. The van der Waals surface area contributed by atoms with Gasteiger partial charge >= 0.3 is 0 Å². The van der Waals surface area contributed by atoms with Crippen LogP contribution in [-0.2, 0) is 12.8 Å². The molecule has 1 heteroatoms. The van der Waals surface area contributed by atoms with Gasteiger partial charge in [-0.15, -0.1) is 0 Å². The molecular formula is C27H22O. The molecule has 28 heavy (non-hydrogen) atoms. The van der Waals surface area contributed by atoms with E-state index in [4.69, 9.17) is 0 Å². The quantitative estimate of drug-likeness (QED) is 0.379. The van der Waals surface area contributed by atoms with E-state index in [1.807, 2.05) is 66.7 Å². The van der Waals surface area contributed by atoms with Crippen molar-refractivity contribution in [3.05, 3.63) is 143 Å². The standard InChI is InChI=1S/C27H22O/c28-27(23-15-8-3-9-16-23)25-18-10-17-24(19-21-11-4-1-5-12-21)26(25)20-22-13-6-2-7-14-22/h1-18H,19-20H2. The number of benzene rings is 4.